The molecule has 0 aromatic carbocycles. The molecule has 0 bridgehead atoms. The minimum atomic E-state index is -3.22. The Kier molecular flexibility index (Phi) is 15.5. The van der Waals surface area contributed by atoms with Gasteiger partial charge >= 0.3 is 33.7 Å². The van der Waals surface area contributed by atoms with Gasteiger partial charge in [0.1, 0.15) is 26.9 Å². The molecule has 0 spiro atoms. The third-order valence-corrected chi connectivity index (χ3v) is 3.63. The van der Waals surface area contributed by atoms with E-state index in [9.17, 15) is 9.13 Å². The van der Waals surface area contributed by atoms with Crippen molar-refractivity contribution in [1.82, 2.24) is 9.80 Å². The lowest BCUT2D eigenvalue weighted by Gasteiger charge is -2.26. The first-order valence-corrected chi connectivity index (χ1v) is 10.8. The van der Waals surface area contributed by atoms with Crippen molar-refractivity contribution in [2.45, 2.75) is 0 Å². The van der Waals surface area contributed by atoms with Gasteiger partial charge < -0.3 is 29.4 Å². The van der Waals surface area contributed by atoms with Crippen LogP contribution in [0.25, 0.3) is 0 Å². The standard InChI is InChI=1S/C6H20N2O12P4/c9-21(10)17-3-7(4-18-22(11)12)1-2-8(5-19-23(13)14)6-20-24(15)16/h9-12,23-24H,1-6H2,(H,13,14)(H,15,16). The van der Waals surface area contributed by atoms with Crippen molar-refractivity contribution in [2.75, 3.05) is 40.0 Å². The molecule has 6 N–H and O–H groups in total. The van der Waals surface area contributed by atoms with Gasteiger partial charge in [-0.1, -0.05) is 0 Å². The van der Waals surface area contributed by atoms with Crippen molar-refractivity contribution in [2.24, 2.45) is 0 Å². The predicted molar refractivity (Wildman–Crippen MR) is 82.4 cm³/mol. The molecule has 0 aromatic heterocycles. The van der Waals surface area contributed by atoms with Crippen LogP contribution in [0.3, 0.4) is 0 Å². The first-order valence-electron chi connectivity index (χ1n) is 5.98. The summed E-state index contributed by atoms with van der Waals surface area (Å²) in [4.78, 5) is 54.7. The van der Waals surface area contributed by atoms with Gasteiger partial charge in [-0.25, -0.2) is 0 Å². The molecule has 0 saturated carbocycles. The Bertz CT molecular complexity index is 345. The minimum absolute atomic E-state index is 0.0561. The van der Waals surface area contributed by atoms with Gasteiger partial charge in [0.15, 0.2) is 0 Å². The van der Waals surface area contributed by atoms with Crippen LogP contribution in [0.4, 0.5) is 0 Å². The summed E-state index contributed by atoms with van der Waals surface area (Å²) in [5.41, 5.74) is 0. The highest BCUT2D eigenvalue weighted by molar-refractivity contribution is 7.39. The molecule has 2 unspecified atom stereocenters. The smallest absolute Gasteiger partial charge is 0.328 e. The molecule has 0 aliphatic carbocycles. The molecule has 0 aromatic rings. The highest BCUT2D eigenvalue weighted by atomic mass is 31.2. The Morgan fingerprint density at radius 2 is 1.04 bits per heavy atom. The first kappa shape index (κ1) is 24.8. The zero-order chi connectivity index (χ0) is 18.5. The minimum Gasteiger partial charge on any atom is -0.328 e. The molecular weight excluding hydrogens is 416 g/mol. The van der Waals surface area contributed by atoms with E-state index >= 15 is 0 Å². The zero-order valence-corrected chi connectivity index (χ0v) is 16.0. The van der Waals surface area contributed by atoms with Crippen LogP contribution in [0.2, 0.25) is 0 Å². The Morgan fingerprint density at radius 1 is 0.708 bits per heavy atom. The maximum Gasteiger partial charge on any atom is 0.328 e. The predicted octanol–water partition coefficient (Wildman–Crippen LogP) is -1.33. The largest absolute Gasteiger partial charge is 0.328 e. The molecule has 24 heavy (non-hydrogen) atoms. The van der Waals surface area contributed by atoms with Gasteiger partial charge in [0.05, 0.1) is 0 Å². The summed E-state index contributed by atoms with van der Waals surface area (Å²) in [7, 11) is -11.7. The van der Waals surface area contributed by atoms with Crippen LogP contribution in [0.15, 0.2) is 0 Å². The molecule has 0 aliphatic heterocycles. The average Bonchev–Trinajstić information content (AvgIpc) is 2.47. The van der Waals surface area contributed by atoms with E-state index in [1.807, 2.05) is 0 Å². The van der Waals surface area contributed by atoms with Gasteiger partial charge in [0, 0.05) is 13.1 Å². The van der Waals surface area contributed by atoms with Crippen LogP contribution < -0.4 is 0 Å². The summed E-state index contributed by atoms with van der Waals surface area (Å²) in [5.74, 6) is 0. The second kappa shape index (κ2) is 15.0. The molecular formula is C6H20N2O12P4. The fourth-order valence-corrected chi connectivity index (χ4v) is 2.29. The molecule has 0 saturated heterocycles. The quantitative estimate of drug-likeness (QED) is 0.130. The SMILES string of the molecule is O=[PH](O)OCN(CCN(COP(O)O)COP(O)O)CO[PH](=O)O. The molecule has 0 fully saturated rings. The van der Waals surface area contributed by atoms with Gasteiger partial charge in [-0.15, -0.1) is 0 Å². The molecule has 0 aliphatic rings. The monoisotopic (exact) mass is 436 g/mol. The maximum atomic E-state index is 10.6. The van der Waals surface area contributed by atoms with E-state index in [0.29, 0.717) is 0 Å². The number of nitrogens with zero attached hydrogens (tertiary/aromatic N) is 2. The van der Waals surface area contributed by atoms with Crippen molar-refractivity contribution in [3.8, 4) is 0 Å². The van der Waals surface area contributed by atoms with E-state index in [-0.39, 0.29) is 40.0 Å². The molecule has 0 heterocycles. The van der Waals surface area contributed by atoms with Crippen LogP contribution in [0, 0.1) is 0 Å². The van der Waals surface area contributed by atoms with Crippen molar-refractivity contribution < 1.29 is 56.6 Å². The summed E-state index contributed by atoms with van der Waals surface area (Å²) in [5, 5.41) is 0. The highest BCUT2D eigenvalue weighted by Gasteiger charge is 2.14. The fourth-order valence-electron chi connectivity index (χ4n) is 1.18. The number of hydrogen-bond donors (Lipinski definition) is 6. The topological polar surface area (TPSA) is 199 Å². The third kappa shape index (κ3) is 16.3. The van der Waals surface area contributed by atoms with E-state index < -0.39 is 33.7 Å². The van der Waals surface area contributed by atoms with Crippen LogP contribution in [-0.4, -0.2) is 79.2 Å². The molecule has 18 heteroatoms. The van der Waals surface area contributed by atoms with Gasteiger partial charge in [-0.2, -0.15) is 0 Å². The van der Waals surface area contributed by atoms with Crippen molar-refractivity contribution >= 4 is 33.7 Å². The fraction of sp³-hybridized carbons (Fsp3) is 1.00. The normalized spacial score (nSPS) is 14.9. The van der Waals surface area contributed by atoms with Gasteiger partial charge in [-0.05, 0) is 0 Å². The molecule has 2 atom stereocenters. The lowest BCUT2D eigenvalue weighted by molar-refractivity contribution is 0.00815. The van der Waals surface area contributed by atoms with Crippen LogP contribution in [0.5, 0.6) is 0 Å². The van der Waals surface area contributed by atoms with Crippen LogP contribution >= 0.6 is 33.7 Å². The van der Waals surface area contributed by atoms with Crippen molar-refractivity contribution in [3.63, 3.8) is 0 Å². The van der Waals surface area contributed by atoms with Gasteiger partial charge in [-0.3, -0.25) is 37.0 Å². The Balaban J connectivity index is 4.48. The van der Waals surface area contributed by atoms with E-state index in [0.717, 1.165) is 0 Å². The van der Waals surface area contributed by atoms with Crippen LogP contribution in [-0.2, 0) is 27.2 Å². The Hall–Kier alpha value is 0.840. The van der Waals surface area contributed by atoms with E-state index in [2.05, 4.69) is 18.1 Å². The van der Waals surface area contributed by atoms with Crippen LogP contribution in [0.1, 0.15) is 0 Å². The highest BCUT2D eigenvalue weighted by Crippen LogP contribution is 2.27. The number of hydrogen-bond acceptors (Lipinski definition) is 12. The maximum absolute atomic E-state index is 10.6. The molecule has 14 nitrogen and oxygen atoms in total. The average molecular weight is 436 g/mol. The van der Waals surface area contributed by atoms with Crippen molar-refractivity contribution in [3.05, 3.63) is 0 Å². The van der Waals surface area contributed by atoms with Gasteiger partial charge in [0.2, 0.25) is 0 Å². The van der Waals surface area contributed by atoms with Gasteiger partial charge in [0.25, 0.3) is 0 Å². The van der Waals surface area contributed by atoms with Crippen molar-refractivity contribution in [1.29, 1.82) is 0 Å². The second-order valence-electron chi connectivity index (χ2n) is 3.89. The third-order valence-electron chi connectivity index (χ3n) is 2.19. The summed E-state index contributed by atoms with van der Waals surface area (Å²) < 4.78 is 39.3. The summed E-state index contributed by atoms with van der Waals surface area (Å²) >= 11 is 0. The van der Waals surface area contributed by atoms with E-state index in [4.69, 9.17) is 29.4 Å². The lowest BCUT2D eigenvalue weighted by Crippen LogP contribution is -2.38. The summed E-state index contributed by atoms with van der Waals surface area (Å²) in [6.07, 6.45) is 0. The second-order valence-corrected chi connectivity index (χ2v) is 7.06. The first-order chi connectivity index (χ1) is 11.2. The molecule has 0 radical (unpaired) electrons. The summed E-state index contributed by atoms with van der Waals surface area (Å²) in [6, 6.07) is 0. The van der Waals surface area contributed by atoms with E-state index in [1.54, 1.807) is 0 Å². The Morgan fingerprint density at radius 3 is 1.33 bits per heavy atom. The molecule has 0 amide bonds. The molecule has 146 valence electrons. The summed E-state index contributed by atoms with van der Waals surface area (Å²) in [6.45, 7) is -1.29. The number of rotatable bonds is 15. The lowest BCUT2D eigenvalue weighted by atomic mass is 10.5. The zero-order valence-electron chi connectivity index (χ0n) is 12.2. The molecule has 0 rings (SSSR count). The Labute approximate surface area is 141 Å². The van der Waals surface area contributed by atoms with E-state index in [1.165, 1.54) is 9.80 Å².